The lowest BCUT2D eigenvalue weighted by molar-refractivity contribution is 0.0990. The third-order valence-electron chi connectivity index (χ3n) is 4.61. The molecule has 0 spiro atoms. The van der Waals surface area contributed by atoms with E-state index < -0.39 is 0 Å². The standard InChI is InChI=1S/C16H25N3/c17-7-6-15-10-16-13-18(8-9-19(16)12-15)11-14-4-2-1-3-5-14/h1-5,15-16H,6-13,17H2. The molecule has 1 aromatic carbocycles. The minimum absolute atomic E-state index is 0.772. The Hall–Kier alpha value is -0.900. The van der Waals surface area contributed by atoms with Gasteiger partial charge >= 0.3 is 0 Å². The highest BCUT2D eigenvalue weighted by Gasteiger charge is 2.35. The second kappa shape index (κ2) is 6.04. The molecule has 0 bridgehead atoms. The molecule has 2 heterocycles. The van der Waals surface area contributed by atoms with Gasteiger partial charge in [0.1, 0.15) is 0 Å². The lowest BCUT2D eigenvalue weighted by atomic mass is 10.0. The van der Waals surface area contributed by atoms with Crippen LogP contribution in [0.4, 0.5) is 0 Å². The summed E-state index contributed by atoms with van der Waals surface area (Å²) in [4.78, 5) is 5.29. The maximum atomic E-state index is 5.70. The highest BCUT2D eigenvalue weighted by Crippen LogP contribution is 2.28. The number of nitrogens with two attached hydrogens (primary N) is 1. The predicted octanol–water partition coefficient (Wildman–Crippen LogP) is 1.54. The molecular formula is C16H25N3. The number of rotatable bonds is 4. The summed E-state index contributed by atoms with van der Waals surface area (Å²) >= 11 is 0. The van der Waals surface area contributed by atoms with Crippen LogP contribution in [0.25, 0.3) is 0 Å². The molecule has 2 aliphatic heterocycles. The molecule has 2 atom stereocenters. The zero-order valence-electron chi connectivity index (χ0n) is 11.7. The first-order chi connectivity index (χ1) is 9.35. The molecule has 0 amide bonds. The molecule has 1 aromatic rings. The molecule has 0 saturated carbocycles. The summed E-state index contributed by atoms with van der Waals surface area (Å²) in [6.45, 7) is 6.90. The molecule has 104 valence electrons. The van der Waals surface area contributed by atoms with Crippen LogP contribution in [0, 0.1) is 5.92 Å². The Bertz CT molecular complexity index is 392. The van der Waals surface area contributed by atoms with E-state index in [2.05, 4.69) is 40.1 Å². The largest absolute Gasteiger partial charge is 0.330 e. The second-order valence-corrected chi connectivity index (χ2v) is 6.05. The van der Waals surface area contributed by atoms with Crippen molar-refractivity contribution in [2.75, 3.05) is 32.7 Å². The number of piperazine rings is 1. The zero-order valence-corrected chi connectivity index (χ0v) is 11.7. The average Bonchev–Trinajstić information content (AvgIpc) is 2.82. The maximum absolute atomic E-state index is 5.70. The van der Waals surface area contributed by atoms with Crippen molar-refractivity contribution in [3.63, 3.8) is 0 Å². The lowest BCUT2D eigenvalue weighted by Gasteiger charge is -2.37. The molecule has 2 N–H and O–H groups in total. The van der Waals surface area contributed by atoms with Gasteiger partial charge < -0.3 is 5.73 Å². The number of nitrogens with zero attached hydrogens (tertiary/aromatic N) is 2. The first kappa shape index (κ1) is 13.1. The molecule has 0 aromatic heterocycles. The van der Waals surface area contributed by atoms with Crippen LogP contribution >= 0.6 is 0 Å². The quantitative estimate of drug-likeness (QED) is 0.890. The fraction of sp³-hybridized carbons (Fsp3) is 0.625. The summed E-state index contributed by atoms with van der Waals surface area (Å²) < 4.78 is 0. The van der Waals surface area contributed by atoms with Crippen LogP contribution in [0.3, 0.4) is 0 Å². The predicted molar refractivity (Wildman–Crippen MR) is 78.9 cm³/mol. The first-order valence-electron chi connectivity index (χ1n) is 7.55. The lowest BCUT2D eigenvalue weighted by Crippen LogP contribution is -2.49. The monoisotopic (exact) mass is 259 g/mol. The third-order valence-corrected chi connectivity index (χ3v) is 4.61. The van der Waals surface area contributed by atoms with E-state index in [0.29, 0.717) is 0 Å². The van der Waals surface area contributed by atoms with Gasteiger partial charge in [0.05, 0.1) is 0 Å². The van der Waals surface area contributed by atoms with E-state index in [1.54, 1.807) is 0 Å². The molecule has 2 unspecified atom stereocenters. The van der Waals surface area contributed by atoms with E-state index in [4.69, 9.17) is 5.73 Å². The average molecular weight is 259 g/mol. The number of hydrogen-bond acceptors (Lipinski definition) is 3. The van der Waals surface area contributed by atoms with Crippen LogP contribution in [-0.4, -0.2) is 48.6 Å². The van der Waals surface area contributed by atoms with E-state index >= 15 is 0 Å². The van der Waals surface area contributed by atoms with Gasteiger partial charge in [0.25, 0.3) is 0 Å². The molecule has 19 heavy (non-hydrogen) atoms. The zero-order chi connectivity index (χ0) is 13.1. The van der Waals surface area contributed by atoms with Gasteiger partial charge in [-0.25, -0.2) is 0 Å². The van der Waals surface area contributed by atoms with Crippen molar-refractivity contribution in [3.05, 3.63) is 35.9 Å². The molecular weight excluding hydrogens is 234 g/mol. The van der Waals surface area contributed by atoms with Gasteiger partial charge in [-0.3, -0.25) is 9.80 Å². The van der Waals surface area contributed by atoms with Gasteiger partial charge in [-0.2, -0.15) is 0 Å². The fourth-order valence-corrected chi connectivity index (χ4v) is 3.64. The Labute approximate surface area is 116 Å². The number of benzene rings is 1. The first-order valence-corrected chi connectivity index (χ1v) is 7.55. The second-order valence-electron chi connectivity index (χ2n) is 6.05. The molecule has 3 nitrogen and oxygen atoms in total. The molecule has 2 saturated heterocycles. The minimum atomic E-state index is 0.772. The summed E-state index contributed by atoms with van der Waals surface area (Å²) in [7, 11) is 0. The van der Waals surface area contributed by atoms with Gasteiger partial charge in [-0.1, -0.05) is 30.3 Å². The van der Waals surface area contributed by atoms with Crippen LogP contribution in [0.2, 0.25) is 0 Å². The van der Waals surface area contributed by atoms with Crippen LogP contribution in [0.1, 0.15) is 18.4 Å². The number of hydrogen-bond donors (Lipinski definition) is 1. The summed E-state index contributed by atoms with van der Waals surface area (Å²) in [6, 6.07) is 11.6. The maximum Gasteiger partial charge on any atom is 0.0234 e. The van der Waals surface area contributed by atoms with E-state index in [0.717, 1.165) is 25.0 Å². The molecule has 2 aliphatic rings. The van der Waals surface area contributed by atoms with Crippen LogP contribution in [0.15, 0.2) is 30.3 Å². The van der Waals surface area contributed by atoms with Crippen molar-refractivity contribution in [1.82, 2.24) is 9.80 Å². The number of fused-ring (bicyclic) bond motifs is 1. The van der Waals surface area contributed by atoms with E-state index in [9.17, 15) is 0 Å². The van der Waals surface area contributed by atoms with E-state index in [-0.39, 0.29) is 0 Å². The fourth-order valence-electron chi connectivity index (χ4n) is 3.64. The molecule has 0 aliphatic carbocycles. The van der Waals surface area contributed by atoms with Crippen LogP contribution in [-0.2, 0) is 6.54 Å². The van der Waals surface area contributed by atoms with Crippen molar-refractivity contribution in [1.29, 1.82) is 0 Å². The van der Waals surface area contributed by atoms with Crippen LogP contribution in [0.5, 0.6) is 0 Å². The normalized spacial score (nSPS) is 28.5. The van der Waals surface area contributed by atoms with Gasteiger partial charge in [0, 0.05) is 38.8 Å². The Morgan fingerprint density at radius 3 is 2.74 bits per heavy atom. The van der Waals surface area contributed by atoms with Crippen molar-refractivity contribution < 1.29 is 0 Å². The highest BCUT2D eigenvalue weighted by molar-refractivity contribution is 5.14. The van der Waals surface area contributed by atoms with E-state index in [1.165, 1.54) is 44.6 Å². The van der Waals surface area contributed by atoms with Crippen molar-refractivity contribution in [3.8, 4) is 0 Å². The van der Waals surface area contributed by atoms with Gasteiger partial charge in [0.2, 0.25) is 0 Å². The topological polar surface area (TPSA) is 32.5 Å². The molecule has 3 rings (SSSR count). The summed E-state index contributed by atoms with van der Waals surface area (Å²) in [6.07, 6.45) is 2.55. The molecule has 3 heteroatoms. The van der Waals surface area contributed by atoms with Gasteiger partial charge in [-0.05, 0) is 30.9 Å². The van der Waals surface area contributed by atoms with Gasteiger partial charge in [-0.15, -0.1) is 0 Å². The summed E-state index contributed by atoms with van der Waals surface area (Å²) in [5.74, 6) is 0.840. The van der Waals surface area contributed by atoms with Crippen molar-refractivity contribution >= 4 is 0 Å². The Morgan fingerprint density at radius 2 is 1.95 bits per heavy atom. The van der Waals surface area contributed by atoms with Crippen molar-refractivity contribution in [2.24, 2.45) is 11.7 Å². The van der Waals surface area contributed by atoms with Crippen molar-refractivity contribution in [2.45, 2.75) is 25.4 Å². The molecule has 2 fully saturated rings. The van der Waals surface area contributed by atoms with Crippen LogP contribution < -0.4 is 5.73 Å². The Morgan fingerprint density at radius 1 is 1.11 bits per heavy atom. The SMILES string of the molecule is NCCC1CC2CN(Cc3ccccc3)CCN2C1. The van der Waals surface area contributed by atoms with Gasteiger partial charge in [0.15, 0.2) is 0 Å². The highest BCUT2D eigenvalue weighted by atomic mass is 15.3. The summed E-state index contributed by atoms with van der Waals surface area (Å²) in [5, 5.41) is 0. The minimum Gasteiger partial charge on any atom is -0.330 e. The Kier molecular flexibility index (Phi) is 4.16. The molecule has 0 radical (unpaired) electrons. The van der Waals surface area contributed by atoms with E-state index in [1.807, 2.05) is 0 Å². The summed E-state index contributed by atoms with van der Waals surface area (Å²) in [5.41, 5.74) is 7.14. The Balaban J connectivity index is 1.55. The smallest absolute Gasteiger partial charge is 0.0234 e. The third kappa shape index (κ3) is 3.16.